The van der Waals surface area contributed by atoms with Crippen molar-refractivity contribution in [2.45, 2.75) is 65.2 Å². The van der Waals surface area contributed by atoms with Gasteiger partial charge in [-0.05, 0) is 55.4 Å². The lowest BCUT2D eigenvalue weighted by Crippen LogP contribution is -2.36. The summed E-state index contributed by atoms with van der Waals surface area (Å²) in [5.74, 6) is 1.11. The third-order valence-corrected chi connectivity index (χ3v) is 5.45. The Morgan fingerprint density at radius 2 is 1.96 bits per heavy atom. The van der Waals surface area contributed by atoms with Gasteiger partial charge in [-0.25, -0.2) is 0 Å². The SMILES string of the molecule is CC(C)CCN1C(=O)CCc2cc(NC(=O)C3CCCCC3)ccc21. The van der Waals surface area contributed by atoms with Gasteiger partial charge < -0.3 is 10.2 Å². The molecule has 4 nitrogen and oxygen atoms in total. The first kappa shape index (κ1) is 18.0. The number of nitrogens with zero attached hydrogens (tertiary/aromatic N) is 1. The number of carbonyl (C=O) groups excluding carboxylic acids is 2. The quantitative estimate of drug-likeness (QED) is 0.854. The Hall–Kier alpha value is -1.84. The second kappa shape index (κ2) is 8.03. The molecule has 3 rings (SSSR count). The van der Waals surface area contributed by atoms with Gasteiger partial charge >= 0.3 is 0 Å². The molecule has 1 saturated carbocycles. The van der Waals surface area contributed by atoms with Gasteiger partial charge in [0.25, 0.3) is 0 Å². The first-order valence-corrected chi connectivity index (χ1v) is 9.78. The van der Waals surface area contributed by atoms with Crippen LogP contribution >= 0.6 is 0 Å². The standard InChI is InChI=1S/C21H30N2O2/c1-15(2)12-13-23-19-10-9-18(14-17(19)8-11-20(23)24)22-21(25)16-6-4-3-5-7-16/h9-10,14-16H,3-8,11-13H2,1-2H3,(H,22,25). The highest BCUT2D eigenvalue weighted by Gasteiger charge is 2.25. The highest BCUT2D eigenvalue weighted by Crippen LogP contribution is 2.31. The molecule has 1 aromatic rings. The zero-order valence-electron chi connectivity index (χ0n) is 15.5. The molecule has 25 heavy (non-hydrogen) atoms. The third-order valence-electron chi connectivity index (χ3n) is 5.45. The van der Waals surface area contributed by atoms with Crippen LogP contribution in [0.5, 0.6) is 0 Å². The average molecular weight is 342 g/mol. The van der Waals surface area contributed by atoms with Crippen LogP contribution in [0, 0.1) is 11.8 Å². The normalized spacial score (nSPS) is 18.4. The van der Waals surface area contributed by atoms with E-state index in [1.54, 1.807) is 0 Å². The number of rotatable bonds is 5. The second-order valence-corrected chi connectivity index (χ2v) is 7.90. The van der Waals surface area contributed by atoms with E-state index in [-0.39, 0.29) is 17.7 Å². The van der Waals surface area contributed by atoms with E-state index in [4.69, 9.17) is 0 Å². The summed E-state index contributed by atoms with van der Waals surface area (Å²) in [4.78, 5) is 26.7. The molecule has 1 aliphatic carbocycles. The third kappa shape index (κ3) is 4.42. The Labute approximate surface area is 151 Å². The number of carbonyl (C=O) groups is 2. The van der Waals surface area contributed by atoms with Crippen LogP contribution in [-0.4, -0.2) is 18.4 Å². The van der Waals surface area contributed by atoms with Crippen molar-refractivity contribution in [2.75, 3.05) is 16.8 Å². The largest absolute Gasteiger partial charge is 0.326 e. The Bertz CT molecular complexity index is 633. The smallest absolute Gasteiger partial charge is 0.227 e. The van der Waals surface area contributed by atoms with Crippen LogP contribution in [0.4, 0.5) is 11.4 Å². The van der Waals surface area contributed by atoms with E-state index in [1.165, 1.54) is 12.0 Å². The molecule has 136 valence electrons. The molecule has 0 saturated heterocycles. The molecule has 1 N–H and O–H groups in total. The molecule has 4 heteroatoms. The predicted molar refractivity (Wildman–Crippen MR) is 102 cm³/mol. The Morgan fingerprint density at radius 1 is 1.20 bits per heavy atom. The molecule has 0 aromatic heterocycles. The summed E-state index contributed by atoms with van der Waals surface area (Å²) in [5.41, 5.74) is 3.06. The number of benzene rings is 1. The molecule has 0 spiro atoms. The maximum absolute atomic E-state index is 12.5. The Balaban J connectivity index is 1.70. The van der Waals surface area contributed by atoms with Gasteiger partial charge in [-0.1, -0.05) is 33.1 Å². The van der Waals surface area contributed by atoms with Crippen LogP contribution in [0.2, 0.25) is 0 Å². The molecular weight excluding hydrogens is 312 g/mol. The first-order valence-electron chi connectivity index (χ1n) is 9.78. The molecule has 0 atom stereocenters. The van der Waals surface area contributed by atoms with Gasteiger partial charge in [0.2, 0.25) is 11.8 Å². The lowest BCUT2D eigenvalue weighted by atomic mass is 9.88. The molecule has 2 amide bonds. The summed E-state index contributed by atoms with van der Waals surface area (Å²) in [6, 6.07) is 6.01. The van der Waals surface area contributed by atoms with Gasteiger partial charge in [0.15, 0.2) is 0 Å². The minimum atomic E-state index is 0.156. The number of amides is 2. The zero-order valence-corrected chi connectivity index (χ0v) is 15.5. The highest BCUT2D eigenvalue weighted by atomic mass is 16.2. The van der Waals surface area contributed by atoms with Crippen molar-refractivity contribution >= 4 is 23.2 Å². The van der Waals surface area contributed by atoms with E-state index in [0.29, 0.717) is 12.3 Å². The zero-order chi connectivity index (χ0) is 17.8. The van der Waals surface area contributed by atoms with Crippen LogP contribution in [0.15, 0.2) is 18.2 Å². The fourth-order valence-electron chi connectivity index (χ4n) is 3.88. The van der Waals surface area contributed by atoms with E-state index in [1.807, 2.05) is 17.0 Å². The number of anilines is 2. The van der Waals surface area contributed by atoms with Crippen LogP contribution in [0.25, 0.3) is 0 Å². The Morgan fingerprint density at radius 3 is 2.68 bits per heavy atom. The number of fused-ring (bicyclic) bond motifs is 1. The summed E-state index contributed by atoms with van der Waals surface area (Å²) in [6.45, 7) is 5.13. The van der Waals surface area contributed by atoms with Gasteiger partial charge in [-0.2, -0.15) is 0 Å². The van der Waals surface area contributed by atoms with E-state index in [9.17, 15) is 9.59 Å². The van der Waals surface area contributed by atoms with E-state index in [2.05, 4.69) is 25.2 Å². The van der Waals surface area contributed by atoms with E-state index >= 15 is 0 Å². The molecule has 0 radical (unpaired) electrons. The number of hydrogen-bond donors (Lipinski definition) is 1. The van der Waals surface area contributed by atoms with Crippen molar-refractivity contribution in [3.05, 3.63) is 23.8 Å². The van der Waals surface area contributed by atoms with Gasteiger partial charge in [-0.15, -0.1) is 0 Å². The summed E-state index contributed by atoms with van der Waals surface area (Å²) in [6.07, 6.45) is 7.92. The van der Waals surface area contributed by atoms with Gasteiger partial charge in [0.05, 0.1) is 0 Å². The fraction of sp³-hybridized carbons (Fsp3) is 0.619. The van der Waals surface area contributed by atoms with Gasteiger partial charge in [-0.3, -0.25) is 9.59 Å². The first-order chi connectivity index (χ1) is 12.0. The number of hydrogen-bond acceptors (Lipinski definition) is 2. The molecule has 1 fully saturated rings. The summed E-state index contributed by atoms with van der Waals surface area (Å²) >= 11 is 0. The average Bonchev–Trinajstić information content (AvgIpc) is 2.61. The maximum Gasteiger partial charge on any atom is 0.227 e. The highest BCUT2D eigenvalue weighted by molar-refractivity contribution is 5.98. The summed E-state index contributed by atoms with van der Waals surface area (Å²) in [5, 5.41) is 3.10. The van der Waals surface area contributed by atoms with Crippen molar-refractivity contribution in [1.82, 2.24) is 0 Å². The molecule has 2 aliphatic rings. The lowest BCUT2D eigenvalue weighted by molar-refractivity contribution is -0.121. The minimum absolute atomic E-state index is 0.156. The van der Waals surface area contributed by atoms with Gasteiger partial charge in [0.1, 0.15) is 0 Å². The van der Waals surface area contributed by atoms with Crippen molar-refractivity contribution < 1.29 is 9.59 Å². The monoisotopic (exact) mass is 342 g/mol. The van der Waals surface area contributed by atoms with Crippen molar-refractivity contribution in [2.24, 2.45) is 11.8 Å². The summed E-state index contributed by atoms with van der Waals surface area (Å²) < 4.78 is 0. The van der Waals surface area contributed by atoms with E-state index in [0.717, 1.165) is 56.4 Å². The molecule has 0 unspecified atom stereocenters. The fourth-order valence-corrected chi connectivity index (χ4v) is 3.88. The van der Waals surface area contributed by atoms with Crippen LogP contribution in [0.1, 0.15) is 64.4 Å². The molecule has 1 aliphatic heterocycles. The van der Waals surface area contributed by atoms with Crippen LogP contribution in [-0.2, 0) is 16.0 Å². The molecular formula is C21H30N2O2. The topological polar surface area (TPSA) is 49.4 Å². The van der Waals surface area contributed by atoms with Crippen LogP contribution < -0.4 is 10.2 Å². The number of nitrogens with one attached hydrogen (secondary N) is 1. The Kier molecular flexibility index (Phi) is 5.77. The summed E-state index contributed by atoms with van der Waals surface area (Å²) in [7, 11) is 0. The van der Waals surface area contributed by atoms with Crippen molar-refractivity contribution in [1.29, 1.82) is 0 Å². The number of aryl methyl sites for hydroxylation is 1. The predicted octanol–water partition coefficient (Wildman–Crippen LogP) is 4.53. The molecule has 1 aromatic carbocycles. The second-order valence-electron chi connectivity index (χ2n) is 7.90. The van der Waals surface area contributed by atoms with Crippen molar-refractivity contribution in [3.63, 3.8) is 0 Å². The maximum atomic E-state index is 12.5. The minimum Gasteiger partial charge on any atom is -0.326 e. The molecule has 1 heterocycles. The lowest BCUT2D eigenvalue weighted by Gasteiger charge is -2.30. The molecule has 0 bridgehead atoms. The van der Waals surface area contributed by atoms with Crippen LogP contribution in [0.3, 0.4) is 0 Å². The van der Waals surface area contributed by atoms with Crippen molar-refractivity contribution in [3.8, 4) is 0 Å². The van der Waals surface area contributed by atoms with E-state index < -0.39 is 0 Å². The van der Waals surface area contributed by atoms with Gasteiger partial charge in [0, 0.05) is 30.3 Å².